The Morgan fingerprint density at radius 2 is 2.00 bits per heavy atom. The number of nitrogens with two attached hydrogens (primary N) is 1. The topological polar surface area (TPSA) is 62.9 Å². The minimum absolute atomic E-state index is 0.470. The first-order valence-corrected chi connectivity index (χ1v) is 6.68. The Kier molecular flexibility index (Phi) is 5.18. The second-order valence-corrected chi connectivity index (χ2v) is 4.71. The van der Waals surface area contributed by atoms with Crippen LogP contribution >= 0.6 is 0 Å². The Morgan fingerprint density at radius 3 is 2.68 bits per heavy atom. The zero-order chi connectivity index (χ0) is 13.5. The van der Waals surface area contributed by atoms with Gasteiger partial charge in [0.2, 0.25) is 0 Å². The second kappa shape index (κ2) is 7.11. The molecule has 0 saturated carbocycles. The molecule has 5 heteroatoms. The zero-order valence-corrected chi connectivity index (χ0v) is 11.4. The quantitative estimate of drug-likeness (QED) is 0.629. The molecule has 0 aromatic heterocycles. The molecule has 1 saturated heterocycles. The minimum atomic E-state index is 0.470. The SMILES string of the molecule is Cc1ccc(NC(N)=NCCN2CCOCC2)cc1. The summed E-state index contributed by atoms with van der Waals surface area (Å²) in [6.07, 6.45) is 0. The zero-order valence-electron chi connectivity index (χ0n) is 11.4. The van der Waals surface area contributed by atoms with Crippen molar-refractivity contribution in [1.82, 2.24) is 4.90 Å². The van der Waals surface area contributed by atoms with Crippen LogP contribution in [0.1, 0.15) is 5.56 Å². The average molecular weight is 262 g/mol. The van der Waals surface area contributed by atoms with Crippen LogP contribution in [-0.4, -0.2) is 50.3 Å². The highest BCUT2D eigenvalue weighted by atomic mass is 16.5. The molecule has 0 atom stereocenters. The van der Waals surface area contributed by atoms with Gasteiger partial charge in [0.1, 0.15) is 0 Å². The molecule has 5 nitrogen and oxygen atoms in total. The summed E-state index contributed by atoms with van der Waals surface area (Å²) in [6.45, 7) is 7.32. The Bertz CT molecular complexity index is 410. The Hall–Kier alpha value is -1.59. The summed E-state index contributed by atoms with van der Waals surface area (Å²) in [5.41, 5.74) is 8.06. The molecule has 3 N–H and O–H groups in total. The number of anilines is 1. The summed E-state index contributed by atoms with van der Waals surface area (Å²) in [7, 11) is 0. The lowest BCUT2D eigenvalue weighted by molar-refractivity contribution is 0.0394. The van der Waals surface area contributed by atoms with E-state index in [1.807, 2.05) is 24.3 Å². The molecule has 0 aliphatic carbocycles. The van der Waals surface area contributed by atoms with Crippen molar-refractivity contribution in [1.29, 1.82) is 0 Å². The Morgan fingerprint density at radius 1 is 1.32 bits per heavy atom. The first-order valence-electron chi connectivity index (χ1n) is 6.68. The number of nitrogens with zero attached hydrogens (tertiary/aromatic N) is 2. The summed E-state index contributed by atoms with van der Waals surface area (Å²) >= 11 is 0. The standard InChI is InChI=1S/C14H22N4O/c1-12-2-4-13(5-3-12)17-14(15)16-6-7-18-8-10-19-11-9-18/h2-5H,6-11H2,1H3,(H3,15,16,17). The highest BCUT2D eigenvalue weighted by Gasteiger charge is 2.08. The molecule has 1 aliphatic heterocycles. The predicted octanol–water partition coefficient (Wildman–Crippen LogP) is 1.05. The maximum atomic E-state index is 5.86. The Labute approximate surface area is 114 Å². The molecular formula is C14H22N4O. The fourth-order valence-electron chi connectivity index (χ4n) is 1.96. The van der Waals surface area contributed by atoms with E-state index in [1.165, 1.54) is 5.56 Å². The fourth-order valence-corrected chi connectivity index (χ4v) is 1.96. The summed E-state index contributed by atoms with van der Waals surface area (Å²) < 4.78 is 5.30. The van der Waals surface area contributed by atoms with E-state index in [2.05, 4.69) is 22.1 Å². The first-order chi connectivity index (χ1) is 9.24. The number of rotatable bonds is 4. The number of ether oxygens (including phenoxy) is 1. The third kappa shape index (κ3) is 4.89. The average Bonchev–Trinajstić information content (AvgIpc) is 2.43. The van der Waals surface area contributed by atoms with Crippen LogP contribution in [-0.2, 0) is 4.74 Å². The predicted molar refractivity (Wildman–Crippen MR) is 78.6 cm³/mol. The normalized spacial score (nSPS) is 17.4. The van der Waals surface area contributed by atoms with E-state index in [-0.39, 0.29) is 0 Å². The number of aliphatic imine (C=N–C) groups is 1. The molecule has 0 radical (unpaired) electrons. The van der Waals surface area contributed by atoms with Gasteiger partial charge in [0.05, 0.1) is 19.8 Å². The summed E-state index contributed by atoms with van der Waals surface area (Å²) in [4.78, 5) is 6.68. The highest BCUT2D eigenvalue weighted by molar-refractivity contribution is 5.92. The van der Waals surface area contributed by atoms with Crippen molar-refractivity contribution >= 4 is 11.6 Å². The van der Waals surface area contributed by atoms with Crippen molar-refractivity contribution in [2.75, 3.05) is 44.7 Å². The van der Waals surface area contributed by atoms with Crippen LogP contribution < -0.4 is 11.1 Å². The van der Waals surface area contributed by atoms with Gasteiger partial charge in [-0.25, -0.2) is 0 Å². The summed E-state index contributed by atoms with van der Waals surface area (Å²) in [6, 6.07) is 8.09. The number of hydrogen-bond acceptors (Lipinski definition) is 3. The van der Waals surface area contributed by atoms with Crippen LogP contribution in [0.25, 0.3) is 0 Å². The van der Waals surface area contributed by atoms with Gasteiger partial charge in [-0.05, 0) is 19.1 Å². The van der Waals surface area contributed by atoms with Crippen molar-refractivity contribution in [2.24, 2.45) is 10.7 Å². The molecule has 0 amide bonds. The van der Waals surface area contributed by atoms with E-state index < -0.39 is 0 Å². The van der Waals surface area contributed by atoms with Gasteiger partial charge in [-0.2, -0.15) is 0 Å². The van der Waals surface area contributed by atoms with Crippen molar-refractivity contribution < 1.29 is 4.74 Å². The summed E-state index contributed by atoms with van der Waals surface area (Å²) in [5.74, 6) is 0.470. The highest BCUT2D eigenvalue weighted by Crippen LogP contribution is 2.07. The van der Waals surface area contributed by atoms with Crippen molar-refractivity contribution in [3.8, 4) is 0 Å². The largest absolute Gasteiger partial charge is 0.379 e. The third-order valence-electron chi connectivity index (χ3n) is 3.13. The minimum Gasteiger partial charge on any atom is -0.379 e. The lowest BCUT2D eigenvalue weighted by atomic mass is 10.2. The number of benzene rings is 1. The van der Waals surface area contributed by atoms with Gasteiger partial charge in [0, 0.05) is 25.3 Å². The molecule has 19 heavy (non-hydrogen) atoms. The van der Waals surface area contributed by atoms with E-state index in [9.17, 15) is 0 Å². The second-order valence-electron chi connectivity index (χ2n) is 4.71. The molecule has 0 unspecified atom stereocenters. The van der Waals surface area contributed by atoms with Crippen molar-refractivity contribution in [3.63, 3.8) is 0 Å². The molecule has 1 aromatic carbocycles. The van der Waals surface area contributed by atoms with E-state index in [1.54, 1.807) is 0 Å². The molecule has 1 aromatic rings. The van der Waals surface area contributed by atoms with E-state index in [0.717, 1.165) is 38.5 Å². The van der Waals surface area contributed by atoms with Gasteiger partial charge < -0.3 is 15.8 Å². The molecule has 1 aliphatic rings. The monoisotopic (exact) mass is 262 g/mol. The van der Waals surface area contributed by atoms with E-state index in [0.29, 0.717) is 12.5 Å². The van der Waals surface area contributed by atoms with E-state index in [4.69, 9.17) is 10.5 Å². The van der Waals surface area contributed by atoms with Crippen LogP contribution in [0.2, 0.25) is 0 Å². The molecule has 0 bridgehead atoms. The van der Waals surface area contributed by atoms with Crippen LogP contribution in [0.5, 0.6) is 0 Å². The Balaban J connectivity index is 1.74. The summed E-state index contributed by atoms with van der Waals surface area (Å²) in [5, 5.41) is 3.09. The number of morpholine rings is 1. The first kappa shape index (κ1) is 13.8. The number of guanidine groups is 1. The number of aryl methyl sites for hydroxylation is 1. The van der Waals surface area contributed by atoms with Crippen LogP contribution in [0, 0.1) is 6.92 Å². The molecular weight excluding hydrogens is 240 g/mol. The maximum Gasteiger partial charge on any atom is 0.193 e. The van der Waals surface area contributed by atoms with Crippen molar-refractivity contribution in [3.05, 3.63) is 29.8 Å². The van der Waals surface area contributed by atoms with E-state index >= 15 is 0 Å². The van der Waals surface area contributed by atoms with Crippen molar-refractivity contribution in [2.45, 2.75) is 6.92 Å². The van der Waals surface area contributed by atoms with Gasteiger partial charge in [0.15, 0.2) is 5.96 Å². The van der Waals surface area contributed by atoms with Gasteiger partial charge in [-0.3, -0.25) is 9.89 Å². The van der Waals surface area contributed by atoms with Gasteiger partial charge in [-0.1, -0.05) is 17.7 Å². The van der Waals surface area contributed by atoms with Gasteiger partial charge >= 0.3 is 0 Å². The van der Waals surface area contributed by atoms with Crippen LogP contribution in [0.4, 0.5) is 5.69 Å². The molecule has 104 valence electrons. The molecule has 1 heterocycles. The van der Waals surface area contributed by atoms with Gasteiger partial charge in [0.25, 0.3) is 0 Å². The maximum absolute atomic E-state index is 5.86. The molecule has 0 spiro atoms. The smallest absolute Gasteiger partial charge is 0.193 e. The fraction of sp³-hybridized carbons (Fsp3) is 0.500. The number of nitrogens with one attached hydrogen (secondary N) is 1. The van der Waals surface area contributed by atoms with Gasteiger partial charge in [-0.15, -0.1) is 0 Å². The number of hydrogen-bond donors (Lipinski definition) is 2. The van der Waals surface area contributed by atoms with Crippen LogP contribution in [0.15, 0.2) is 29.3 Å². The lowest BCUT2D eigenvalue weighted by Crippen LogP contribution is -2.38. The lowest BCUT2D eigenvalue weighted by Gasteiger charge is -2.25. The van der Waals surface area contributed by atoms with Crippen LogP contribution in [0.3, 0.4) is 0 Å². The third-order valence-corrected chi connectivity index (χ3v) is 3.13. The molecule has 1 fully saturated rings. The molecule has 2 rings (SSSR count).